The van der Waals surface area contributed by atoms with Crippen molar-refractivity contribution in [1.82, 2.24) is 4.90 Å². The van der Waals surface area contributed by atoms with Crippen LogP contribution >= 0.6 is 0 Å². The molecule has 2 rings (SSSR count). The van der Waals surface area contributed by atoms with Crippen LogP contribution in [0, 0.1) is 0 Å². The average Bonchev–Trinajstić information content (AvgIpc) is 2.65. The van der Waals surface area contributed by atoms with Crippen molar-refractivity contribution in [1.29, 1.82) is 0 Å². The van der Waals surface area contributed by atoms with E-state index in [1.165, 1.54) is 38.6 Å². The van der Waals surface area contributed by atoms with Crippen molar-refractivity contribution in [2.45, 2.75) is 70.1 Å². The highest BCUT2D eigenvalue weighted by Crippen LogP contribution is 2.30. The molecule has 0 bridgehead atoms. The molecule has 0 radical (unpaired) electrons. The van der Waals surface area contributed by atoms with E-state index < -0.39 is 0 Å². The normalized spacial score (nSPS) is 40.3. The summed E-state index contributed by atoms with van der Waals surface area (Å²) in [5.74, 6) is 0. The number of rotatable bonds is 2. The molecule has 1 aliphatic heterocycles. The molecule has 2 nitrogen and oxygen atoms in total. The number of aliphatic hydroxyl groups is 1. The van der Waals surface area contributed by atoms with Gasteiger partial charge >= 0.3 is 0 Å². The van der Waals surface area contributed by atoms with Gasteiger partial charge in [-0.2, -0.15) is 0 Å². The standard InChI is InChI=1S/C12H23NO/c1-2-10-6-4-8-13(10)11-5-3-7-12(14)9-11/h10-12,14H,2-9H2,1H3. The van der Waals surface area contributed by atoms with Crippen LogP contribution in [0.15, 0.2) is 0 Å². The Morgan fingerprint density at radius 1 is 1.21 bits per heavy atom. The Morgan fingerprint density at radius 2 is 2.07 bits per heavy atom. The Morgan fingerprint density at radius 3 is 2.79 bits per heavy atom. The van der Waals surface area contributed by atoms with Crippen LogP contribution in [0.3, 0.4) is 0 Å². The number of hydrogen-bond acceptors (Lipinski definition) is 2. The zero-order valence-corrected chi connectivity index (χ0v) is 9.28. The van der Waals surface area contributed by atoms with Crippen molar-refractivity contribution in [3.63, 3.8) is 0 Å². The molecule has 2 aliphatic rings. The van der Waals surface area contributed by atoms with Crippen molar-refractivity contribution in [3.8, 4) is 0 Å². The topological polar surface area (TPSA) is 23.5 Å². The van der Waals surface area contributed by atoms with Crippen LogP contribution in [0.1, 0.15) is 51.9 Å². The van der Waals surface area contributed by atoms with Crippen LogP contribution in [0.5, 0.6) is 0 Å². The lowest BCUT2D eigenvalue weighted by molar-refractivity contribution is 0.0552. The second-order valence-corrected chi connectivity index (χ2v) is 4.92. The van der Waals surface area contributed by atoms with Crippen LogP contribution in [0.2, 0.25) is 0 Å². The first kappa shape index (κ1) is 10.4. The first-order valence-electron chi connectivity index (χ1n) is 6.25. The van der Waals surface area contributed by atoms with Crippen molar-refractivity contribution in [2.75, 3.05) is 6.54 Å². The molecule has 3 atom stereocenters. The number of aliphatic hydroxyl groups excluding tert-OH is 1. The van der Waals surface area contributed by atoms with Gasteiger partial charge in [-0.25, -0.2) is 0 Å². The smallest absolute Gasteiger partial charge is 0.0555 e. The van der Waals surface area contributed by atoms with Crippen molar-refractivity contribution in [2.24, 2.45) is 0 Å². The van der Waals surface area contributed by atoms with E-state index in [2.05, 4.69) is 11.8 Å². The molecule has 0 spiro atoms. The Labute approximate surface area is 87.3 Å². The summed E-state index contributed by atoms with van der Waals surface area (Å²) in [5.41, 5.74) is 0. The summed E-state index contributed by atoms with van der Waals surface area (Å²) in [6.07, 6.45) is 8.59. The quantitative estimate of drug-likeness (QED) is 0.733. The zero-order chi connectivity index (χ0) is 9.97. The van der Waals surface area contributed by atoms with E-state index in [1.807, 2.05) is 0 Å². The van der Waals surface area contributed by atoms with Gasteiger partial charge in [-0.1, -0.05) is 6.92 Å². The van der Waals surface area contributed by atoms with Gasteiger partial charge in [0.25, 0.3) is 0 Å². The van der Waals surface area contributed by atoms with Gasteiger partial charge in [-0.15, -0.1) is 0 Å². The molecule has 2 fully saturated rings. The molecule has 2 heteroatoms. The molecule has 82 valence electrons. The van der Waals surface area contributed by atoms with E-state index in [9.17, 15) is 5.11 Å². The molecule has 0 aromatic heterocycles. The molecule has 0 amide bonds. The minimum atomic E-state index is -0.0214. The fourth-order valence-electron chi connectivity index (χ4n) is 3.22. The van der Waals surface area contributed by atoms with Crippen molar-refractivity contribution in [3.05, 3.63) is 0 Å². The fourth-order valence-corrected chi connectivity index (χ4v) is 3.22. The second kappa shape index (κ2) is 4.63. The minimum absolute atomic E-state index is 0.0214. The van der Waals surface area contributed by atoms with Crippen LogP contribution in [-0.4, -0.2) is 34.7 Å². The van der Waals surface area contributed by atoms with Gasteiger partial charge in [0.05, 0.1) is 6.10 Å². The maximum absolute atomic E-state index is 9.67. The summed E-state index contributed by atoms with van der Waals surface area (Å²) in [5, 5.41) is 9.67. The fraction of sp³-hybridized carbons (Fsp3) is 1.00. The molecule has 1 saturated heterocycles. The van der Waals surface area contributed by atoms with E-state index in [-0.39, 0.29) is 6.10 Å². The minimum Gasteiger partial charge on any atom is -0.393 e. The lowest BCUT2D eigenvalue weighted by atomic mass is 9.91. The Hall–Kier alpha value is -0.0800. The van der Waals surface area contributed by atoms with Crippen molar-refractivity contribution >= 4 is 0 Å². The third-order valence-electron chi connectivity index (χ3n) is 3.98. The van der Waals surface area contributed by atoms with E-state index in [0.717, 1.165) is 18.9 Å². The maximum Gasteiger partial charge on any atom is 0.0555 e. The summed E-state index contributed by atoms with van der Waals surface area (Å²) in [6, 6.07) is 1.50. The highest BCUT2D eigenvalue weighted by molar-refractivity contribution is 4.87. The van der Waals surface area contributed by atoms with Crippen LogP contribution < -0.4 is 0 Å². The van der Waals surface area contributed by atoms with Gasteiger partial charge in [-0.05, 0) is 51.5 Å². The predicted molar refractivity (Wildman–Crippen MR) is 58.3 cm³/mol. The van der Waals surface area contributed by atoms with E-state index >= 15 is 0 Å². The number of hydrogen-bond donors (Lipinski definition) is 1. The van der Waals surface area contributed by atoms with Gasteiger partial charge in [0.15, 0.2) is 0 Å². The molecule has 1 heterocycles. The average molecular weight is 197 g/mol. The summed E-state index contributed by atoms with van der Waals surface area (Å²) < 4.78 is 0. The predicted octanol–water partition coefficient (Wildman–Crippen LogP) is 2.16. The monoisotopic (exact) mass is 197 g/mol. The molecular weight excluding hydrogens is 174 g/mol. The molecule has 1 aliphatic carbocycles. The molecule has 3 unspecified atom stereocenters. The lowest BCUT2D eigenvalue weighted by Crippen LogP contribution is -2.42. The molecule has 1 saturated carbocycles. The molecular formula is C12H23NO. The lowest BCUT2D eigenvalue weighted by Gasteiger charge is -2.36. The summed E-state index contributed by atoms with van der Waals surface area (Å²) in [4.78, 5) is 2.67. The van der Waals surface area contributed by atoms with E-state index in [1.54, 1.807) is 0 Å². The molecule has 0 aromatic rings. The van der Waals surface area contributed by atoms with Crippen LogP contribution in [0.4, 0.5) is 0 Å². The first-order chi connectivity index (χ1) is 6.81. The van der Waals surface area contributed by atoms with Crippen LogP contribution in [-0.2, 0) is 0 Å². The summed E-state index contributed by atoms with van der Waals surface area (Å²) in [6.45, 7) is 3.57. The summed E-state index contributed by atoms with van der Waals surface area (Å²) in [7, 11) is 0. The summed E-state index contributed by atoms with van der Waals surface area (Å²) >= 11 is 0. The highest BCUT2D eigenvalue weighted by Gasteiger charge is 2.32. The molecule has 1 N–H and O–H groups in total. The van der Waals surface area contributed by atoms with Gasteiger partial charge in [-0.3, -0.25) is 4.90 Å². The van der Waals surface area contributed by atoms with E-state index in [0.29, 0.717) is 6.04 Å². The van der Waals surface area contributed by atoms with Crippen molar-refractivity contribution < 1.29 is 5.11 Å². The van der Waals surface area contributed by atoms with Crippen LogP contribution in [0.25, 0.3) is 0 Å². The molecule has 14 heavy (non-hydrogen) atoms. The third-order valence-corrected chi connectivity index (χ3v) is 3.98. The number of nitrogens with zero attached hydrogens (tertiary/aromatic N) is 1. The second-order valence-electron chi connectivity index (χ2n) is 4.92. The SMILES string of the molecule is CCC1CCCN1C1CCCC(O)C1. The van der Waals surface area contributed by atoms with E-state index in [4.69, 9.17) is 0 Å². The van der Waals surface area contributed by atoms with Gasteiger partial charge in [0, 0.05) is 12.1 Å². The highest BCUT2D eigenvalue weighted by atomic mass is 16.3. The zero-order valence-electron chi connectivity index (χ0n) is 9.28. The maximum atomic E-state index is 9.67. The largest absolute Gasteiger partial charge is 0.393 e. The number of likely N-dealkylation sites (tertiary alicyclic amines) is 1. The third kappa shape index (κ3) is 2.12. The van der Waals surface area contributed by atoms with Gasteiger partial charge in [0.2, 0.25) is 0 Å². The van der Waals surface area contributed by atoms with Gasteiger partial charge < -0.3 is 5.11 Å². The molecule has 0 aromatic carbocycles. The Kier molecular flexibility index (Phi) is 3.45. The Bertz CT molecular complexity index is 183. The Balaban J connectivity index is 1.92. The van der Waals surface area contributed by atoms with Gasteiger partial charge in [0.1, 0.15) is 0 Å². The first-order valence-corrected chi connectivity index (χ1v) is 6.25.